The van der Waals surface area contributed by atoms with Gasteiger partial charge in [0.1, 0.15) is 17.1 Å². The van der Waals surface area contributed by atoms with Crippen LogP contribution in [0.1, 0.15) is 5.56 Å². The number of fused-ring (bicyclic) bond motifs is 1. The molecule has 0 radical (unpaired) electrons. The molecule has 10 heteroatoms. The standard InChI is InChI=1S/C15H8F6N2O2/c16-14(17,18)9-7-12-22-5-6-23(12)13(8-9)24-10-1-3-11(4-2-10)25-15(19,20)21/h1-8H. The molecule has 0 spiro atoms. The molecule has 0 N–H and O–H groups in total. The topological polar surface area (TPSA) is 35.8 Å². The molecule has 0 saturated heterocycles. The molecule has 3 aromatic rings. The molecule has 2 aromatic heterocycles. The quantitative estimate of drug-likeness (QED) is 0.612. The number of hydrogen-bond acceptors (Lipinski definition) is 3. The van der Waals surface area contributed by atoms with Crippen molar-refractivity contribution in [3.8, 4) is 17.4 Å². The van der Waals surface area contributed by atoms with Gasteiger partial charge in [-0.25, -0.2) is 4.98 Å². The molecule has 0 saturated carbocycles. The number of imidazole rings is 1. The van der Waals surface area contributed by atoms with Crippen molar-refractivity contribution in [2.75, 3.05) is 0 Å². The molecular weight excluding hydrogens is 354 g/mol. The van der Waals surface area contributed by atoms with Crippen LogP contribution in [0.3, 0.4) is 0 Å². The van der Waals surface area contributed by atoms with Crippen LogP contribution in [0.25, 0.3) is 5.65 Å². The second kappa shape index (κ2) is 5.87. The minimum atomic E-state index is -4.84. The van der Waals surface area contributed by atoms with Gasteiger partial charge in [0.05, 0.1) is 5.56 Å². The van der Waals surface area contributed by atoms with E-state index in [1.54, 1.807) is 0 Å². The van der Waals surface area contributed by atoms with Gasteiger partial charge in [-0.2, -0.15) is 13.2 Å². The van der Waals surface area contributed by atoms with Gasteiger partial charge >= 0.3 is 12.5 Å². The van der Waals surface area contributed by atoms with Crippen LogP contribution in [0.15, 0.2) is 48.8 Å². The summed E-state index contributed by atoms with van der Waals surface area (Å²) >= 11 is 0. The number of alkyl halides is 6. The van der Waals surface area contributed by atoms with Gasteiger partial charge < -0.3 is 9.47 Å². The Morgan fingerprint density at radius 1 is 0.880 bits per heavy atom. The normalized spacial score (nSPS) is 12.4. The van der Waals surface area contributed by atoms with E-state index in [0.717, 1.165) is 36.4 Å². The summed E-state index contributed by atoms with van der Waals surface area (Å²) in [5.41, 5.74) is -0.944. The molecule has 0 amide bonds. The first kappa shape index (κ1) is 16.9. The Morgan fingerprint density at radius 3 is 2.12 bits per heavy atom. The zero-order valence-corrected chi connectivity index (χ0v) is 12.1. The molecule has 0 atom stereocenters. The van der Waals surface area contributed by atoms with Crippen LogP contribution in [-0.2, 0) is 6.18 Å². The van der Waals surface area contributed by atoms with Crippen molar-refractivity contribution in [1.29, 1.82) is 0 Å². The molecule has 0 unspecified atom stereocenters. The van der Waals surface area contributed by atoms with E-state index >= 15 is 0 Å². The first-order valence-corrected chi connectivity index (χ1v) is 6.70. The fourth-order valence-corrected chi connectivity index (χ4v) is 2.06. The van der Waals surface area contributed by atoms with E-state index in [9.17, 15) is 26.3 Å². The van der Waals surface area contributed by atoms with E-state index < -0.39 is 23.9 Å². The molecule has 25 heavy (non-hydrogen) atoms. The summed E-state index contributed by atoms with van der Waals surface area (Å²) in [6.07, 6.45) is -6.75. The van der Waals surface area contributed by atoms with Crippen molar-refractivity contribution >= 4 is 5.65 Å². The summed E-state index contributed by atoms with van der Waals surface area (Å²) in [5, 5.41) is 0. The molecule has 132 valence electrons. The summed E-state index contributed by atoms with van der Waals surface area (Å²) in [5.74, 6) is -0.632. The monoisotopic (exact) mass is 362 g/mol. The van der Waals surface area contributed by atoms with Gasteiger partial charge in [-0.15, -0.1) is 13.2 Å². The predicted molar refractivity (Wildman–Crippen MR) is 73.4 cm³/mol. The lowest BCUT2D eigenvalue weighted by Gasteiger charge is -2.13. The van der Waals surface area contributed by atoms with Gasteiger partial charge in [-0.1, -0.05) is 0 Å². The molecule has 0 bridgehead atoms. The Kier molecular flexibility index (Phi) is 3.97. The van der Waals surface area contributed by atoms with Crippen LogP contribution in [-0.4, -0.2) is 15.7 Å². The molecule has 3 rings (SSSR count). The second-order valence-electron chi connectivity index (χ2n) is 4.86. The van der Waals surface area contributed by atoms with Crippen molar-refractivity contribution in [3.63, 3.8) is 0 Å². The number of pyridine rings is 1. The summed E-state index contributed by atoms with van der Waals surface area (Å²) < 4.78 is 85.5. The average molecular weight is 362 g/mol. The third-order valence-electron chi connectivity index (χ3n) is 3.08. The van der Waals surface area contributed by atoms with Gasteiger partial charge in [0.15, 0.2) is 0 Å². The Balaban J connectivity index is 1.91. The van der Waals surface area contributed by atoms with Crippen LogP contribution in [0.5, 0.6) is 17.4 Å². The summed E-state index contributed by atoms with van der Waals surface area (Å²) in [4.78, 5) is 3.79. The van der Waals surface area contributed by atoms with E-state index in [1.807, 2.05) is 0 Å². The van der Waals surface area contributed by atoms with Gasteiger partial charge in [-0.3, -0.25) is 4.40 Å². The Labute approximate surface area is 136 Å². The SMILES string of the molecule is FC(F)(F)Oc1ccc(Oc2cc(C(F)(F)F)cc3nccn23)cc1. The predicted octanol–water partition coefficient (Wildman–Crippen LogP) is 5.04. The maximum Gasteiger partial charge on any atom is 0.573 e. The number of nitrogens with zero attached hydrogens (tertiary/aromatic N) is 2. The smallest absolute Gasteiger partial charge is 0.440 e. The highest BCUT2D eigenvalue weighted by atomic mass is 19.4. The van der Waals surface area contributed by atoms with Gasteiger partial charge in [0, 0.05) is 18.5 Å². The fourth-order valence-electron chi connectivity index (χ4n) is 2.06. The lowest BCUT2D eigenvalue weighted by Crippen LogP contribution is -2.16. The number of benzene rings is 1. The number of aromatic nitrogens is 2. The van der Waals surface area contributed by atoms with E-state index in [0.29, 0.717) is 0 Å². The van der Waals surface area contributed by atoms with Crippen molar-refractivity contribution in [2.45, 2.75) is 12.5 Å². The largest absolute Gasteiger partial charge is 0.573 e. The second-order valence-corrected chi connectivity index (χ2v) is 4.86. The van der Waals surface area contributed by atoms with Crippen molar-refractivity contribution < 1.29 is 35.8 Å². The maximum atomic E-state index is 12.9. The molecule has 0 aliphatic heterocycles. The van der Waals surface area contributed by atoms with Gasteiger partial charge in [-0.05, 0) is 30.3 Å². The molecular formula is C15H8F6N2O2. The lowest BCUT2D eigenvalue weighted by molar-refractivity contribution is -0.274. The highest BCUT2D eigenvalue weighted by molar-refractivity contribution is 5.48. The molecule has 0 aliphatic carbocycles. The average Bonchev–Trinajstić information content (AvgIpc) is 2.95. The third-order valence-corrected chi connectivity index (χ3v) is 3.08. The minimum Gasteiger partial charge on any atom is -0.440 e. The molecule has 0 aliphatic rings. The molecule has 1 aromatic carbocycles. The summed E-state index contributed by atoms with van der Waals surface area (Å²) in [6, 6.07) is 5.89. The number of rotatable bonds is 3. The van der Waals surface area contributed by atoms with Crippen LogP contribution >= 0.6 is 0 Å². The van der Waals surface area contributed by atoms with Gasteiger partial charge in [0.2, 0.25) is 5.88 Å². The lowest BCUT2D eigenvalue weighted by atomic mass is 10.2. The third kappa shape index (κ3) is 3.95. The molecule has 4 nitrogen and oxygen atoms in total. The van der Waals surface area contributed by atoms with Crippen LogP contribution in [0, 0.1) is 0 Å². The van der Waals surface area contributed by atoms with Crippen LogP contribution < -0.4 is 9.47 Å². The zero-order chi connectivity index (χ0) is 18.2. The zero-order valence-electron chi connectivity index (χ0n) is 12.1. The highest BCUT2D eigenvalue weighted by Gasteiger charge is 2.32. The summed E-state index contributed by atoms with van der Waals surface area (Å²) in [7, 11) is 0. The fraction of sp³-hybridized carbons (Fsp3) is 0.133. The van der Waals surface area contributed by atoms with Crippen molar-refractivity contribution in [1.82, 2.24) is 9.38 Å². The van der Waals surface area contributed by atoms with E-state index in [4.69, 9.17) is 4.74 Å². The maximum absolute atomic E-state index is 12.9. The number of ether oxygens (including phenoxy) is 2. The Bertz CT molecular complexity index is 884. The van der Waals surface area contributed by atoms with Gasteiger partial charge in [0.25, 0.3) is 0 Å². The van der Waals surface area contributed by atoms with E-state index in [1.165, 1.54) is 16.8 Å². The summed E-state index contributed by atoms with van der Waals surface area (Å²) in [6.45, 7) is 0. The van der Waals surface area contributed by atoms with Crippen molar-refractivity contribution in [2.24, 2.45) is 0 Å². The Morgan fingerprint density at radius 2 is 1.52 bits per heavy atom. The van der Waals surface area contributed by atoms with E-state index in [-0.39, 0.29) is 17.3 Å². The van der Waals surface area contributed by atoms with Crippen LogP contribution in [0.4, 0.5) is 26.3 Å². The Hall–Kier alpha value is -2.91. The number of halogens is 6. The minimum absolute atomic E-state index is 0.0156. The first-order chi connectivity index (χ1) is 11.6. The molecule has 2 heterocycles. The highest BCUT2D eigenvalue weighted by Crippen LogP contribution is 2.34. The van der Waals surface area contributed by atoms with Crippen molar-refractivity contribution in [3.05, 3.63) is 54.4 Å². The number of hydrogen-bond donors (Lipinski definition) is 0. The van der Waals surface area contributed by atoms with E-state index in [2.05, 4.69) is 9.72 Å². The first-order valence-electron chi connectivity index (χ1n) is 6.70. The molecule has 0 fully saturated rings. The van der Waals surface area contributed by atoms with Crippen LogP contribution in [0.2, 0.25) is 0 Å².